The van der Waals surface area contributed by atoms with Gasteiger partial charge in [-0.3, -0.25) is 0 Å². The zero-order valence-corrected chi connectivity index (χ0v) is 7.59. The van der Waals surface area contributed by atoms with Gasteiger partial charge in [0, 0.05) is 6.04 Å². The van der Waals surface area contributed by atoms with Crippen molar-refractivity contribution in [2.45, 2.75) is 39.2 Å². The summed E-state index contributed by atoms with van der Waals surface area (Å²) in [6, 6.07) is 0.536. The van der Waals surface area contributed by atoms with E-state index in [-0.39, 0.29) is 0 Å². The Morgan fingerprint density at radius 3 is 2.18 bits per heavy atom. The Hall–Kier alpha value is -0.0400. The van der Waals surface area contributed by atoms with E-state index >= 15 is 0 Å². The summed E-state index contributed by atoms with van der Waals surface area (Å²) in [7, 11) is 0. The molecule has 0 spiro atoms. The van der Waals surface area contributed by atoms with Crippen LogP contribution in [-0.2, 0) is 0 Å². The van der Waals surface area contributed by atoms with Gasteiger partial charge in [-0.1, -0.05) is 13.8 Å². The van der Waals surface area contributed by atoms with Crippen LogP contribution in [0.1, 0.15) is 33.1 Å². The van der Waals surface area contributed by atoms with Crippen LogP contribution in [0, 0.1) is 23.7 Å². The highest BCUT2D eigenvalue weighted by atomic mass is 14.7. The average Bonchev–Trinajstić information content (AvgIpc) is 2.44. The fourth-order valence-corrected chi connectivity index (χ4v) is 3.37. The molecule has 2 saturated carbocycles. The quantitative estimate of drug-likeness (QED) is 0.612. The molecule has 0 amide bonds. The predicted octanol–water partition coefficient (Wildman–Crippen LogP) is 2.02. The second kappa shape index (κ2) is 2.48. The summed E-state index contributed by atoms with van der Waals surface area (Å²) in [5.74, 6) is 3.51. The molecule has 2 rings (SSSR count). The monoisotopic (exact) mass is 153 g/mol. The summed E-state index contributed by atoms with van der Waals surface area (Å²) < 4.78 is 0. The van der Waals surface area contributed by atoms with Gasteiger partial charge in [0.25, 0.3) is 0 Å². The van der Waals surface area contributed by atoms with E-state index < -0.39 is 0 Å². The van der Waals surface area contributed by atoms with Crippen molar-refractivity contribution in [1.82, 2.24) is 0 Å². The van der Waals surface area contributed by atoms with Gasteiger partial charge < -0.3 is 5.73 Å². The van der Waals surface area contributed by atoms with Gasteiger partial charge in [-0.25, -0.2) is 0 Å². The molecule has 1 heteroatoms. The second-order valence-electron chi connectivity index (χ2n) is 4.73. The highest BCUT2D eigenvalue weighted by Gasteiger charge is 2.46. The first kappa shape index (κ1) is 7.60. The Balaban J connectivity index is 2.11. The first-order valence-electron chi connectivity index (χ1n) is 4.95. The lowest BCUT2D eigenvalue weighted by Crippen LogP contribution is -2.38. The number of nitrogens with two attached hydrogens (primary N) is 1. The molecule has 2 aliphatic carbocycles. The highest BCUT2D eigenvalue weighted by Crippen LogP contribution is 2.50. The summed E-state index contributed by atoms with van der Waals surface area (Å²) in [6.07, 6.45) is 4.31. The van der Waals surface area contributed by atoms with Crippen molar-refractivity contribution in [3.63, 3.8) is 0 Å². The lowest BCUT2D eigenvalue weighted by atomic mass is 9.78. The lowest BCUT2D eigenvalue weighted by Gasteiger charge is -2.31. The molecule has 2 fully saturated rings. The zero-order chi connectivity index (χ0) is 8.01. The molecule has 2 N–H and O–H groups in total. The average molecular weight is 153 g/mol. The van der Waals surface area contributed by atoms with Crippen molar-refractivity contribution in [1.29, 1.82) is 0 Å². The van der Waals surface area contributed by atoms with Crippen molar-refractivity contribution >= 4 is 0 Å². The maximum absolute atomic E-state index is 6.17. The molecule has 0 aromatic heterocycles. The van der Waals surface area contributed by atoms with Crippen molar-refractivity contribution in [2.24, 2.45) is 29.4 Å². The van der Waals surface area contributed by atoms with Crippen LogP contribution in [0.25, 0.3) is 0 Å². The lowest BCUT2D eigenvalue weighted by molar-refractivity contribution is 0.222. The molecular formula is C10H19N. The van der Waals surface area contributed by atoms with E-state index in [9.17, 15) is 0 Å². The summed E-state index contributed by atoms with van der Waals surface area (Å²) >= 11 is 0. The van der Waals surface area contributed by atoms with Gasteiger partial charge in [0.15, 0.2) is 0 Å². The summed E-state index contributed by atoms with van der Waals surface area (Å²) in [5, 5.41) is 0. The maximum atomic E-state index is 6.17. The third-order valence-corrected chi connectivity index (χ3v) is 3.82. The van der Waals surface area contributed by atoms with Gasteiger partial charge in [0.1, 0.15) is 0 Å². The van der Waals surface area contributed by atoms with Gasteiger partial charge >= 0.3 is 0 Å². The van der Waals surface area contributed by atoms with Gasteiger partial charge in [-0.15, -0.1) is 0 Å². The summed E-state index contributed by atoms with van der Waals surface area (Å²) in [5.41, 5.74) is 6.17. The van der Waals surface area contributed by atoms with E-state index in [1.807, 2.05) is 0 Å². The molecule has 0 aromatic carbocycles. The summed E-state index contributed by atoms with van der Waals surface area (Å²) in [6.45, 7) is 4.65. The van der Waals surface area contributed by atoms with Gasteiger partial charge in [0.05, 0.1) is 0 Å². The Kier molecular flexibility index (Phi) is 1.71. The number of rotatable bonds is 1. The van der Waals surface area contributed by atoms with Crippen LogP contribution in [0.15, 0.2) is 0 Å². The topological polar surface area (TPSA) is 26.0 Å². The fraction of sp³-hybridized carbons (Fsp3) is 1.00. The van der Waals surface area contributed by atoms with Gasteiger partial charge in [0.2, 0.25) is 0 Å². The number of fused-ring (bicyclic) bond motifs is 2. The second-order valence-corrected chi connectivity index (χ2v) is 4.73. The van der Waals surface area contributed by atoms with Crippen molar-refractivity contribution in [3.05, 3.63) is 0 Å². The minimum Gasteiger partial charge on any atom is -0.327 e. The normalized spacial score (nSPS) is 49.1. The molecule has 2 aliphatic rings. The molecule has 1 nitrogen and oxygen atoms in total. The third kappa shape index (κ3) is 1.01. The first-order valence-corrected chi connectivity index (χ1v) is 4.95. The molecule has 11 heavy (non-hydrogen) atoms. The zero-order valence-electron chi connectivity index (χ0n) is 7.59. The molecule has 0 saturated heterocycles. The molecule has 64 valence electrons. The van der Waals surface area contributed by atoms with Crippen LogP contribution >= 0.6 is 0 Å². The van der Waals surface area contributed by atoms with E-state index in [2.05, 4.69) is 13.8 Å². The number of hydrogen-bond donors (Lipinski definition) is 1. The number of hydrogen-bond acceptors (Lipinski definition) is 1. The van der Waals surface area contributed by atoms with Crippen LogP contribution in [0.2, 0.25) is 0 Å². The molecule has 0 radical (unpaired) electrons. The smallest absolute Gasteiger partial charge is 0.0101 e. The van der Waals surface area contributed by atoms with E-state index in [1.165, 1.54) is 19.3 Å². The van der Waals surface area contributed by atoms with Crippen molar-refractivity contribution in [2.75, 3.05) is 0 Å². The largest absolute Gasteiger partial charge is 0.327 e. The van der Waals surface area contributed by atoms with Crippen molar-refractivity contribution in [3.8, 4) is 0 Å². The van der Waals surface area contributed by atoms with Crippen LogP contribution in [-0.4, -0.2) is 6.04 Å². The molecule has 4 atom stereocenters. The SMILES string of the molecule is CC(C)[C@@H]1[C@H]2CC[C@H](C2)[C@H]1N. The third-order valence-electron chi connectivity index (χ3n) is 3.82. The minimum atomic E-state index is 0.536. The maximum Gasteiger partial charge on any atom is 0.0101 e. The first-order chi connectivity index (χ1) is 5.20. The Bertz CT molecular complexity index is 151. The van der Waals surface area contributed by atoms with Gasteiger partial charge in [-0.2, -0.15) is 0 Å². The van der Waals surface area contributed by atoms with Crippen molar-refractivity contribution < 1.29 is 0 Å². The Morgan fingerprint density at radius 2 is 1.82 bits per heavy atom. The fourth-order valence-electron chi connectivity index (χ4n) is 3.37. The van der Waals surface area contributed by atoms with Crippen LogP contribution in [0.3, 0.4) is 0 Å². The van der Waals surface area contributed by atoms with E-state index in [1.54, 1.807) is 0 Å². The van der Waals surface area contributed by atoms with E-state index in [0.29, 0.717) is 6.04 Å². The summed E-state index contributed by atoms with van der Waals surface area (Å²) in [4.78, 5) is 0. The minimum absolute atomic E-state index is 0.536. The predicted molar refractivity (Wildman–Crippen MR) is 47.1 cm³/mol. The Morgan fingerprint density at radius 1 is 1.18 bits per heavy atom. The molecule has 0 aliphatic heterocycles. The standard InChI is InChI=1S/C10H19N/c1-6(2)9-7-3-4-8(5-7)10(9)11/h6-10H,3-5,11H2,1-2H3/t7-,8+,9+,10+/m0/s1. The Labute approximate surface area is 69.4 Å². The van der Waals surface area contributed by atoms with E-state index in [0.717, 1.165) is 23.7 Å². The van der Waals surface area contributed by atoms with Gasteiger partial charge in [-0.05, 0) is 42.9 Å². The molecule has 0 unspecified atom stereocenters. The highest BCUT2D eigenvalue weighted by molar-refractivity contribution is 4.99. The molecule has 2 bridgehead atoms. The molecule has 0 heterocycles. The van der Waals surface area contributed by atoms with E-state index in [4.69, 9.17) is 5.73 Å². The molecular weight excluding hydrogens is 134 g/mol. The van der Waals surface area contributed by atoms with Crippen LogP contribution in [0.5, 0.6) is 0 Å². The molecule has 0 aromatic rings. The van der Waals surface area contributed by atoms with Crippen LogP contribution in [0.4, 0.5) is 0 Å². The van der Waals surface area contributed by atoms with Crippen LogP contribution < -0.4 is 5.73 Å².